The number of nitrogens with one attached hydrogen (secondary N) is 2. The molecule has 0 bridgehead atoms. The Kier molecular flexibility index (Phi) is 7.46. The van der Waals surface area contributed by atoms with E-state index in [2.05, 4.69) is 10.6 Å². The Bertz CT molecular complexity index is 840. The molecule has 0 aliphatic carbocycles. The number of amides is 2. The minimum absolute atomic E-state index is 0.0657. The molecule has 0 atom stereocenters. The minimum atomic E-state index is -2.46. The first kappa shape index (κ1) is 21.1. The summed E-state index contributed by atoms with van der Waals surface area (Å²) in [6, 6.07) is 13.6. The maximum absolute atomic E-state index is 12.6. The van der Waals surface area contributed by atoms with E-state index in [0.29, 0.717) is 33.6 Å². The van der Waals surface area contributed by atoms with Crippen molar-refractivity contribution in [3.05, 3.63) is 54.1 Å². The van der Waals surface area contributed by atoms with E-state index in [0.717, 1.165) is 25.9 Å². The molecule has 0 spiro atoms. The van der Waals surface area contributed by atoms with Crippen LogP contribution in [0, 0.1) is 0 Å². The van der Waals surface area contributed by atoms with E-state index in [1.54, 1.807) is 48.5 Å². The van der Waals surface area contributed by atoms with Crippen molar-refractivity contribution in [3.63, 3.8) is 0 Å². The highest BCUT2D eigenvalue weighted by atomic mass is 32.2. The van der Waals surface area contributed by atoms with Crippen molar-refractivity contribution in [2.75, 3.05) is 25.0 Å². The summed E-state index contributed by atoms with van der Waals surface area (Å²) in [7, 11) is 0. The summed E-state index contributed by atoms with van der Waals surface area (Å²) in [5.74, 6) is -2.67. The van der Waals surface area contributed by atoms with Crippen LogP contribution in [0.25, 0.3) is 0 Å². The van der Waals surface area contributed by atoms with E-state index in [-0.39, 0.29) is 24.8 Å². The van der Waals surface area contributed by atoms with E-state index in [9.17, 15) is 18.4 Å². The molecule has 0 unspecified atom stereocenters. The van der Waals surface area contributed by atoms with Gasteiger partial charge in [-0.15, -0.1) is 0 Å². The third kappa shape index (κ3) is 6.19. The average molecular weight is 419 g/mol. The van der Waals surface area contributed by atoms with Gasteiger partial charge < -0.3 is 15.5 Å². The van der Waals surface area contributed by atoms with Crippen LogP contribution in [0.5, 0.6) is 0 Å². The second-order valence-electron chi connectivity index (χ2n) is 6.67. The van der Waals surface area contributed by atoms with Gasteiger partial charge in [0, 0.05) is 36.6 Å². The summed E-state index contributed by atoms with van der Waals surface area (Å²) < 4.78 is 24.9. The smallest absolute Gasteiger partial charge is 0.288 e. The monoisotopic (exact) mass is 419 g/mol. The number of thioether (sulfide) groups is 1. The first-order valence-electron chi connectivity index (χ1n) is 9.50. The Hall–Kier alpha value is -2.61. The van der Waals surface area contributed by atoms with Crippen molar-refractivity contribution in [1.29, 1.82) is 0 Å². The van der Waals surface area contributed by atoms with Gasteiger partial charge in [0.1, 0.15) is 0 Å². The number of carbonyl (C=O) groups excluding carboxylic acids is 2. The molecule has 2 amide bonds. The first-order valence-corrected chi connectivity index (χ1v) is 10.4. The second kappa shape index (κ2) is 10.2. The Morgan fingerprint density at radius 2 is 1.72 bits per heavy atom. The molecule has 1 fully saturated rings. The largest absolute Gasteiger partial charge is 0.355 e. The van der Waals surface area contributed by atoms with E-state index < -0.39 is 5.76 Å². The lowest BCUT2D eigenvalue weighted by molar-refractivity contribution is -0.129. The highest BCUT2D eigenvalue weighted by Gasteiger charge is 2.18. The van der Waals surface area contributed by atoms with Crippen molar-refractivity contribution in [1.82, 2.24) is 10.2 Å². The number of likely N-dealkylation sites (tertiary alicyclic amines) is 1. The van der Waals surface area contributed by atoms with Gasteiger partial charge in [0.25, 0.3) is 11.7 Å². The predicted octanol–water partition coefficient (Wildman–Crippen LogP) is 4.49. The number of nitrogens with zero attached hydrogens (tertiary/aromatic N) is 1. The van der Waals surface area contributed by atoms with Crippen molar-refractivity contribution in [3.8, 4) is 0 Å². The third-order valence-electron chi connectivity index (χ3n) is 4.61. The summed E-state index contributed by atoms with van der Waals surface area (Å²) in [5, 5.41) is 5.94. The van der Waals surface area contributed by atoms with Crippen LogP contribution in [0.15, 0.2) is 53.4 Å². The van der Waals surface area contributed by atoms with Gasteiger partial charge in [-0.1, -0.05) is 23.9 Å². The summed E-state index contributed by atoms with van der Waals surface area (Å²) in [5.41, 5.74) is 1.74. The summed E-state index contributed by atoms with van der Waals surface area (Å²) in [4.78, 5) is 27.0. The van der Waals surface area contributed by atoms with Gasteiger partial charge in [-0.2, -0.15) is 8.78 Å². The molecular weight excluding hydrogens is 396 g/mol. The summed E-state index contributed by atoms with van der Waals surface area (Å²) >= 11 is 0.486. The molecular formula is C21H23F2N3O2S. The van der Waals surface area contributed by atoms with Crippen molar-refractivity contribution < 1.29 is 18.4 Å². The molecule has 1 heterocycles. The van der Waals surface area contributed by atoms with Crippen molar-refractivity contribution in [2.45, 2.75) is 29.9 Å². The molecule has 3 rings (SSSR count). The maximum Gasteiger partial charge on any atom is 0.288 e. The van der Waals surface area contributed by atoms with Gasteiger partial charge >= 0.3 is 0 Å². The lowest BCUT2D eigenvalue weighted by atomic mass is 10.1. The molecule has 0 saturated carbocycles. The van der Waals surface area contributed by atoms with E-state index in [1.165, 1.54) is 0 Å². The number of carbonyl (C=O) groups is 2. The standard InChI is InChI=1S/C21H23F2N3O2S/c22-21(23)29-16-9-7-15(8-10-16)25-18-6-2-1-5-17(18)20(28)24-12-11-19(27)26-13-3-4-14-26/h1-2,5-10,21,25H,3-4,11-14H2,(H,24,28). The molecule has 8 heteroatoms. The quantitative estimate of drug-likeness (QED) is 0.619. The van der Waals surface area contributed by atoms with Crippen LogP contribution in [-0.2, 0) is 4.79 Å². The minimum Gasteiger partial charge on any atom is -0.355 e. The van der Waals surface area contributed by atoms with Crippen LogP contribution in [0.4, 0.5) is 20.2 Å². The molecule has 1 saturated heterocycles. The number of halogens is 2. The Morgan fingerprint density at radius 3 is 2.41 bits per heavy atom. The first-order chi connectivity index (χ1) is 14.0. The third-order valence-corrected chi connectivity index (χ3v) is 5.34. The zero-order valence-corrected chi connectivity index (χ0v) is 16.7. The van der Waals surface area contributed by atoms with Gasteiger partial charge in [-0.25, -0.2) is 0 Å². The lowest BCUT2D eigenvalue weighted by Crippen LogP contribution is -2.32. The number of alkyl halides is 2. The second-order valence-corrected chi connectivity index (χ2v) is 7.73. The number of hydrogen-bond acceptors (Lipinski definition) is 4. The molecule has 1 aliphatic rings. The fourth-order valence-corrected chi connectivity index (χ4v) is 3.67. The fraction of sp³-hybridized carbons (Fsp3) is 0.333. The van der Waals surface area contributed by atoms with Crippen LogP contribution in [0.1, 0.15) is 29.6 Å². The van der Waals surface area contributed by atoms with E-state index in [4.69, 9.17) is 0 Å². The number of anilines is 2. The van der Waals surface area contributed by atoms with Crippen LogP contribution in [0.2, 0.25) is 0 Å². The summed E-state index contributed by atoms with van der Waals surface area (Å²) in [6.07, 6.45) is 2.36. The molecule has 0 radical (unpaired) electrons. The number of hydrogen-bond donors (Lipinski definition) is 2. The number of rotatable bonds is 8. The highest BCUT2D eigenvalue weighted by molar-refractivity contribution is 7.99. The van der Waals surface area contributed by atoms with Crippen LogP contribution < -0.4 is 10.6 Å². The summed E-state index contributed by atoms with van der Waals surface area (Å²) in [6.45, 7) is 1.88. The molecule has 0 aromatic heterocycles. The predicted molar refractivity (Wildman–Crippen MR) is 111 cm³/mol. The zero-order valence-electron chi connectivity index (χ0n) is 15.9. The molecule has 2 aromatic carbocycles. The fourth-order valence-electron chi connectivity index (χ4n) is 3.17. The Balaban J connectivity index is 1.57. The SMILES string of the molecule is O=C(NCCC(=O)N1CCCC1)c1ccccc1Nc1ccc(SC(F)F)cc1. The van der Waals surface area contributed by atoms with Crippen LogP contribution in [0.3, 0.4) is 0 Å². The molecule has 2 N–H and O–H groups in total. The average Bonchev–Trinajstić information content (AvgIpc) is 3.24. The van der Waals surface area contributed by atoms with Crippen molar-refractivity contribution in [2.24, 2.45) is 0 Å². The van der Waals surface area contributed by atoms with Gasteiger partial charge in [0.15, 0.2) is 0 Å². The van der Waals surface area contributed by atoms with Gasteiger partial charge in [-0.3, -0.25) is 9.59 Å². The molecule has 2 aromatic rings. The number of benzene rings is 2. The van der Waals surface area contributed by atoms with Crippen LogP contribution >= 0.6 is 11.8 Å². The maximum atomic E-state index is 12.6. The normalized spacial score (nSPS) is 13.6. The topological polar surface area (TPSA) is 61.4 Å². The lowest BCUT2D eigenvalue weighted by Gasteiger charge is -2.16. The molecule has 29 heavy (non-hydrogen) atoms. The van der Waals surface area contributed by atoms with Gasteiger partial charge in [0.05, 0.1) is 11.3 Å². The molecule has 1 aliphatic heterocycles. The zero-order chi connectivity index (χ0) is 20.6. The van der Waals surface area contributed by atoms with Gasteiger partial charge in [0.2, 0.25) is 5.91 Å². The number of para-hydroxylation sites is 1. The molecule has 5 nitrogen and oxygen atoms in total. The Morgan fingerprint density at radius 1 is 1.03 bits per heavy atom. The Labute approximate surface area is 172 Å². The van der Waals surface area contributed by atoms with Gasteiger partial charge in [-0.05, 0) is 49.2 Å². The van der Waals surface area contributed by atoms with Crippen molar-refractivity contribution >= 4 is 35.0 Å². The van der Waals surface area contributed by atoms with Crippen LogP contribution in [-0.4, -0.2) is 42.1 Å². The van der Waals surface area contributed by atoms with E-state index >= 15 is 0 Å². The van der Waals surface area contributed by atoms with E-state index in [1.807, 2.05) is 4.90 Å². The molecule has 154 valence electrons. The highest BCUT2D eigenvalue weighted by Crippen LogP contribution is 2.27.